The third-order valence-electron chi connectivity index (χ3n) is 3.66. The summed E-state index contributed by atoms with van der Waals surface area (Å²) in [6.07, 6.45) is 0.730. The van der Waals surface area contributed by atoms with E-state index in [2.05, 4.69) is 46.4 Å². The van der Waals surface area contributed by atoms with Gasteiger partial charge in [-0.3, -0.25) is 9.59 Å². The van der Waals surface area contributed by atoms with Crippen molar-refractivity contribution in [1.29, 1.82) is 0 Å². The van der Waals surface area contributed by atoms with Gasteiger partial charge in [0.25, 0.3) is 5.56 Å². The minimum Gasteiger partial charge on any atom is -0.355 e. The molecular formula is C17H24N4O2S. The van der Waals surface area contributed by atoms with Crippen molar-refractivity contribution in [3.8, 4) is 0 Å². The van der Waals surface area contributed by atoms with Crippen molar-refractivity contribution >= 4 is 17.2 Å². The van der Waals surface area contributed by atoms with Crippen LogP contribution in [0.4, 0.5) is 0 Å². The lowest BCUT2D eigenvalue weighted by Crippen LogP contribution is -2.30. The molecule has 0 aromatic carbocycles. The maximum Gasteiger partial charge on any atom is 0.254 e. The van der Waals surface area contributed by atoms with E-state index in [1.165, 1.54) is 0 Å². The lowest BCUT2D eigenvalue weighted by molar-refractivity contribution is -0.120. The van der Waals surface area contributed by atoms with Gasteiger partial charge in [0.2, 0.25) is 5.91 Å². The summed E-state index contributed by atoms with van der Waals surface area (Å²) in [6.45, 7) is 10.4. The predicted octanol–water partition coefficient (Wildman–Crippen LogP) is 2.04. The van der Waals surface area contributed by atoms with Crippen molar-refractivity contribution in [2.45, 2.75) is 52.9 Å². The van der Waals surface area contributed by atoms with Crippen LogP contribution >= 0.6 is 11.3 Å². The maximum absolute atomic E-state index is 12.0. The van der Waals surface area contributed by atoms with Crippen LogP contribution in [0.3, 0.4) is 0 Å². The molecule has 2 N–H and O–H groups in total. The van der Waals surface area contributed by atoms with Gasteiger partial charge < -0.3 is 10.3 Å². The molecule has 0 unspecified atom stereocenters. The molecule has 2 aromatic rings. The topological polar surface area (TPSA) is 87.7 Å². The zero-order valence-corrected chi connectivity index (χ0v) is 15.6. The minimum absolute atomic E-state index is 0.0367. The monoisotopic (exact) mass is 348 g/mol. The zero-order valence-electron chi connectivity index (χ0n) is 14.8. The van der Waals surface area contributed by atoms with Gasteiger partial charge in [-0.05, 0) is 13.8 Å². The van der Waals surface area contributed by atoms with Crippen LogP contribution in [-0.2, 0) is 23.1 Å². The third-order valence-corrected chi connectivity index (χ3v) is 4.57. The molecule has 0 atom stereocenters. The van der Waals surface area contributed by atoms with E-state index >= 15 is 0 Å². The molecule has 0 bridgehead atoms. The fourth-order valence-corrected chi connectivity index (χ4v) is 3.29. The van der Waals surface area contributed by atoms with Gasteiger partial charge in [0.15, 0.2) is 0 Å². The Bertz CT molecular complexity index is 787. The highest BCUT2D eigenvalue weighted by molar-refractivity contribution is 7.09. The zero-order chi connectivity index (χ0) is 17.9. The first kappa shape index (κ1) is 18.3. The molecule has 0 saturated carbocycles. The van der Waals surface area contributed by atoms with Crippen LogP contribution in [0.5, 0.6) is 0 Å². The normalized spacial score (nSPS) is 11.5. The molecular weight excluding hydrogens is 324 g/mol. The molecule has 130 valence electrons. The van der Waals surface area contributed by atoms with Gasteiger partial charge >= 0.3 is 0 Å². The number of amides is 1. The molecule has 1 amide bonds. The molecule has 2 heterocycles. The van der Waals surface area contributed by atoms with Crippen molar-refractivity contribution in [2.24, 2.45) is 0 Å². The average molecular weight is 348 g/mol. The van der Waals surface area contributed by atoms with Crippen molar-refractivity contribution in [3.05, 3.63) is 43.5 Å². The number of aromatic nitrogens is 3. The van der Waals surface area contributed by atoms with Crippen LogP contribution in [0.2, 0.25) is 0 Å². The SMILES string of the molecule is Cc1nc(C)c(CC(=O)NCCc2nc(C(C)(C)C)cs2)c(=O)[nH]1. The van der Waals surface area contributed by atoms with Crippen LogP contribution in [0.15, 0.2) is 10.2 Å². The van der Waals surface area contributed by atoms with Gasteiger partial charge in [-0.25, -0.2) is 9.97 Å². The summed E-state index contributed by atoms with van der Waals surface area (Å²) in [5, 5.41) is 5.92. The molecule has 0 spiro atoms. The highest BCUT2D eigenvalue weighted by Gasteiger charge is 2.17. The average Bonchev–Trinajstić information content (AvgIpc) is 2.91. The number of aromatic amines is 1. The first-order valence-corrected chi connectivity index (χ1v) is 8.83. The summed E-state index contributed by atoms with van der Waals surface area (Å²) in [5.74, 6) is 0.377. The van der Waals surface area contributed by atoms with E-state index in [4.69, 9.17) is 0 Å². The molecule has 7 heteroatoms. The highest BCUT2D eigenvalue weighted by atomic mass is 32.1. The summed E-state index contributed by atoms with van der Waals surface area (Å²) < 4.78 is 0. The number of carbonyl (C=O) groups excluding carboxylic acids is 1. The number of aryl methyl sites for hydroxylation is 2. The Morgan fingerprint density at radius 1 is 1.29 bits per heavy atom. The van der Waals surface area contributed by atoms with Gasteiger partial charge in [0.1, 0.15) is 5.82 Å². The predicted molar refractivity (Wildman–Crippen MR) is 95.6 cm³/mol. The summed E-state index contributed by atoms with van der Waals surface area (Å²) in [4.78, 5) is 35.4. The smallest absolute Gasteiger partial charge is 0.254 e. The van der Waals surface area contributed by atoms with Gasteiger partial charge in [0.05, 0.1) is 17.1 Å². The highest BCUT2D eigenvalue weighted by Crippen LogP contribution is 2.23. The number of rotatable bonds is 5. The van der Waals surface area contributed by atoms with Crippen LogP contribution in [0.25, 0.3) is 0 Å². The van der Waals surface area contributed by atoms with E-state index < -0.39 is 0 Å². The minimum atomic E-state index is -0.245. The Kier molecular flexibility index (Phi) is 5.54. The van der Waals surface area contributed by atoms with E-state index in [0.717, 1.165) is 10.7 Å². The van der Waals surface area contributed by atoms with Crippen LogP contribution in [0.1, 0.15) is 48.6 Å². The molecule has 0 aliphatic rings. The van der Waals surface area contributed by atoms with E-state index in [9.17, 15) is 9.59 Å². The summed E-state index contributed by atoms with van der Waals surface area (Å²) >= 11 is 1.61. The van der Waals surface area contributed by atoms with E-state index in [0.29, 0.717) is 30.0 Å². The van der Waals surface area contributed by atoms with Gasteiger partial charge in [-0.15, -0.1) is 11.3 Å². The quantitative estimate of drug-likeness (QED) is 0.865. The second-order valence-corrected chi connectivity index (χ2v) is 7.81. The standard InChI is InChI=1S/C17H24N4O2S/c1-10-12(16(23)20-11(2)19-10)8-14(22)18-7-6-15-21-13(9-24-15)17(3,4)5/h9H,6-8H2,1-5H3,(H,18,22)(H,19,20,23). The number of H-pyrrole nitrogens is 1. The number of nitrogens with one attached hydrogen (secondary N) is 2. The van der Waals surface area contributed by atoms with Gasteiger partial charge in [0, 0.05) is 35.0 Å². The van der Waals surface area contributed by atoms with Gasteiger partial charge in [-0.1, -0.05) is 20.8 Å². The molecule has 2 aromatic heterocycles. The maximum atomic E-state index is 12.0. The van der Waals surface area contributed by atoms with E-state index in [1.54, 1.807) is 25.2 Å². The van der Waals surface area contributed by atoms with Gasteiger partial charge in [-0.2, -0.15) is 0 Å². The Morgan fingerprint density at radius 2 is 2.00 bits per heavy atom. The fraction of sp³-hybridized carbons (Fsp3) is 0.529. The molecule has 6 nitrogen and oxygen atoms in total. The molecule has 0 radical (unpaired) electrons. The Morgan fingerprint density at radius 3 is 2.58 bits per heavy atom. The van der Waals surface area contributed by atoms with Crippen molar-refractivity contribution in [2.75, 3.05) is 6.54 Å². The molecule has 0 saturated heterocycles. The first-order valence-electron chi connectivity index (χ1n) is 7.95. The molecule has 24 heavy (non-hydrogen) atoms. The molecule has 0 aliphatic heterocycles. The van der Waals surface area contributed by atoms with Crippen molar-refractivity contribution in [3.63, 3.8) is 0 Å². The molecule has 0 aliphatic carbocycles. The molecule has 2 rings (SSSR count). The Labute approximate surface area is 145 Å². The van der Waals surface area contributed by atoms with Crippen LogP contribution < -0.4 is 10.9 Å². The van der Waals surface area contributed by atoms with Crippen LogP contribution in [0, 0.1) is 13.8 Å². The number of thiazole rings is 1. The second-order valence-electron chi connectivity index (χ2n) is 6.87. The van der Waals surface area contributed by atoms with Crippen molar-refractivity contribution in [1.82, 2.24) is 20.3 Å². The summed E-state index contributed by atoms with van der Waals surface area (Å²) in [7, 11) is 0. The summed E-state index contributed by atoms with van der Waals surface area (Å²) in [5.41, 5.74) is 1.88. The largest absolute Gasteiger partial charge is 0.355 e. The second kappa shape index (κ2) is 7.25. The number of carbonyl (C=O) groups is 1. The lowest BCUT2D eigenvalue weighted by Gasteiger charge is -2.14. The fourth-order valence-electron chi connectivity index (χ4n) is 2.26. The Balaban J connectivity index is 1.88. The van der Waals surface area contributed by atoms with Crippen molar-refractivity contribution < 1.29 is 4.79 Å². The first-order chi connectivity index (χ1) is 11.2. The Hall–Kier alpha value is -2.02. The van der Waals surface area contributed by atoms with E-state index in [-0.39, 0.29) is 23.3 Å². The van der Waals surface area contributed by atoms with Crippen LogP contribution in [-0.4, -0.2) is 27.4 Å². The molecule has 0 fully saturated rings. The number of hydrogen-bond donors (Lipinski definition) is 2. The lowest BCUT2D eigenvalue weighted by atomic mass is 9.93. The number of nitrogens with zero attached hydrogens (tertiary/aromatic N) is 2. The van der Waals surface area contributed by atoms with E-state index in [1.807, 2.05) is 0 Å². The summed E-state index contributed by atoms with van der Waals surface area (Å²) in [6, 6.07) is 0. The number of hydrogen-bond acceptors (Lipinski definition) is 5. The third kappa shape index (κ3) is 4.74.